The van der Waals surface area contributed by atoms with Crippen molar-refractivity contribution in [2.45, 2.75) is 57.7 Å². The number of nitrogens with zero attached hydrogens (tertiary/aromatic N) is 2. The fraction of sp³-hybridized carbons (Fsp3) is 0.550. The predicted octanol–water partition coefficient (Wildman–Crippen LogP) is 1.81. The van der Waals surface area contributed by atoms with Crippen molar-refractivity contribution in [2.24, 2.45) is 0 Å². The first-order chi connectivity index (χ1) is 12.5. The molecule has 3 rings (SSSR count). The van der Waals surface area contributed by atoms with Crippen molar-refractivity contribution in [3.8, 4) is 0 Å². The van der Waals surface area contributed by atoms with Crippen molar-refractivity contribution in [2.75, 3.05) is 13.1 Å². The third kappa shape index (κ3) is 3.89. The minimum absolute atomic E-state index is 0.0188. The lowest BCUT2D eigenvalue weighted by Crippen LogP contribution is -2.64. The van der Waals surface area contributed by atoms with E-state index in [2.05, 4.69) is 5.32 Å². The number of rotatable bonds is 2. The average Bonchev–Trinajstić information content (AvgIpc) is 2.62. The summed E-state index contributed by atoms with van der Waals surface area (Å²) in [6.45, 7) is 4.70. The highest BCUT2D eigenvalue weighted by Gasteiger charge is 2.40. The van der Waals surface area contributed by atoms with Crippen LogP contribution in [0.2, 0.25) is 0 Å². The molecule has 0 spiro atoms. The summed E-state index contributed by atoms with van der Waals surface area (Å²) in [6, 6.07) is 8.47. The minimum Gasteiger partial charge on any atom is -0.340 e. The molecular weight excluding hydrogens is 330 g/mol. The van der Waals surface area contributed by atoms with Crippen LogP contribution in [0.5, 0.6) is 0 Å². The molecule has 0 bridgehead atoms. The van der Waals surface area contributed by atoms with E-state index in [0.29, 0.717) is 25.1 Å². The predicted molar refractivity (Wildman–Crippen MR) is 98.5 cm³/mol. The molecule has 2 fully saturated rings. The van der Waals surface area contributed by atoms with Crippen molar-refractivity contribution >= 4 is 17.7 Å². The highest BCUT2D eigenvalue weighted by atomic mass is 16.2. The normalized spacial score (nSPS) is 26.5. The zero-order valence-electron chi connectivity index (χ0n) is 15.5. The van der Waals surface area contributed by atoms with Crippen molar-refractivity contribution in [3.63, 3.8) is 0 Å². The fourth-order valence-electron chi connectivity index (χ4n) is 4.07. The number of amides is 3. The molecule has 1 aromatic carbocycles. The van der Waals surface area contributed by atoms with Crippen LogP contribution in [0.4, 0.5) is 0 Å². The van der Waals surface area contributed by atoms with Gasteiger partial charge in [0.1, 0.15) is 6.04 Å². The number of hydrogen-bond donors (Lipinski definition) is 1. The van der Waals surface area contributed by atoms with Gasteiger partial charge in [-0.15, -0.1) is 0 Å². The van der Waals surface area contributed by atoms with Gasteiger partial charge in [0, 0.05) is 37.7 Å². The Kier molecular flexibility index (Phi) is 5.59. The van der Waals surface area contributed by atoms with Crippen LogP contribution in [-0.2, 0) is 9.59 Å². The second kappa shape index (κ2) is 7.89. The van der Waals surface area contributed by atoms with Crippen LogP contribution in [-0.4, -0.2) is 58.7 Å². The number of hydrogen-bond acceptors (Lipinski definition) is 3. The van der Waals surface area contributed by atoms with Crippen LogP contribution in [0.1, 0.15) is 49.9 Å². The van der Waals surface area contributed by atoms with Crippen LogP contribution in [0.3, 0.4) is 0 Å². The monoisotopic (exact) mass is 357 g/mol. The Bertz CT molecular complexity index is 676. The lowest BCUT2D eigenvalue weighted by molar-refractivity contribution is -0.148. The van der Waals surface area contributed by atoms with Crippen LogP contribution in [0.15, 0.2) is 30.3 Å². The molecule has 1 N–H and O–H groups in total. The number of fused-ring (bicyclic) bond motifs is 1. The quantitative estimate of drug-likeness (QED) is 0.878. The number of piperazine rings is 1. The Labute approximate surface area is 154 Å². The van der Waals surface area contributed by atoms with Crippen LogP contribution >= 0.6 is 0 Å². The van der Waals surface area contributed by atoms with Crippen molar-refractivity contribution in [1.29, 1.82) is 0 Å². The summed E-state index contributed by atoms with van der Waals surface area (Å²) in [5.74, 6) is -0.175. The van der Waals surface area contributed by atoms with Gasteiger partial charge in [-0.3, -0.25) is 14.4 Å². The molecule has 6 nitrogen and oxygen atoms in total. The standard InChI is InChI=1S/C20H27N3O3/c1-14-12-22(15(2)24)13-17-10-6-7-11-18(20(26)23(14)17)21-19(25)16-8-4-3-5-9-16/h3-5,8-9,14,17-18H,6-7,10-13H2,1-2H3,(H,21,25). The summed E-state index contributed by atoms with van der Waals surface area (Å²) in [5.41, 5.74) is 0.563. The van der Waals surface area contributed by atoms with E-state index < -0.39 is 6.04 Å². The van der Waals surface area contributed by atoms with E-state index in [0.717, 1.165) is 19.3 Å². The summed E-state index contributed by atoms with van der Waals surface area (Å²) in [4.78, 5) is 41.2. The summed E-state index contributed by atoms with van der Waals surface area (Å²) in [6.07, 6.45) is 3.44. The Balaban J connectivity index is 1.75. The Morgan fingerprint density at radius 1 is 1.08 bits per heavy atom. The minimum atomic E-state index is -0.503. The second-order valence-electron chi connectivity index (χ2n) is 7.35. The van der Waals surface area contributed by atoms with Gasteiger partial charge in [-0.25, -0.2) is 0 Å². The maximum atomic E-state index is 13.2. The summed E-state index contributed by atoms with van der Waals surface area (Å²) < 4.78 is 0. The SMILES string of the molecule is CC(=O)N1CC(C)N2C(=O)C(NC(=O)c3ccccc3)CCCCC2C1. The van der Waals surface area contributed by atoms with E-state index in [9.17, 15) is 14.4 Å². The first kappa shape index (κ1) is 18.4. The smallest absolute Gasteiger partial charge is 0.251 e. The van der Waals surface area contributed by atoms with E-state index in [1.807, 2.05) is 34.9 Å². The molecular formula is C20H27N3O3. The van der Waals surface area contributed by atoms with Crippen molar-refractivity contribution < 1.29 is 14.4 Å². The number of carbonyl (C=O) groups excluding carboxylic acids is 3. The highest BCUT2D eigenvalue weighted by Crippen LogP contribution is 2.25. The molecule has 3 amide bonds. The summed E-state index contributed by atoms with van der Waals surface area (Å²) in [7, 11) is 0. The molecule has 0 radical (unpaired) electrons. The van der Waals surface area contributed by atoms with Crippen LogP contribution in [0.25, 0.3) is 0 Å². The highest BCUT2D eigenvalue weighted by molar-refractivity contribution is 5.97. The third-order valence-corrected chi connectivity index (χ3v) is 5.40. The number of nitrogens with one attached hydrogen (secondary N) is 1. The fourth-order valence-corrected chi connectivity index (χ4v) is 4.07. The van der Waals surface area contributed by atoms with Gasteiger partial charge in [0.25, 0.3) is 5.91 Å². The molecule has 2 saturated heterocycles. The molecule has 26 heavy (non-hydrogen) atoms. The topological polar surface area (TPSA) is 69.7 Å². The van der Waals surface area contributed by atoms with Gasteiger partial charge in [-0.05, 0) is 31.9 Å². The van der Waals surface area contributed by atoms with E-state index in [1.165, 1.54) is 0 Å². The number of carbonyl (C=O) groups is 3. The van der Waals surface area contributed by atoms with Gasteiger partial charge < -0.3 is 15.1 Å². The lowest BCUT2D eigenvalue weighted by atomic mass is 9.94. The molecule has 0 aromatic heterocycles. The van der Waals surface area contributed by atoms with Gasteiger partial charge >= 0.3 is 0 Å². The molecule has 0 aliphatic carbocycles. The van der Waals surface area contributed by atoms with E-state index in [-0.39, 0.29) is 29.8 Å². The zero-order chi connectivity index (χ0) is 18.7. The molecule has 3 atom stereocenters. The number of benzene rings is 1. The average molecular weight is 357 g/mol. The first-order valence-corrected chi connectivity index (χ1v) is 9.41. The molecule has 0 saturated carbocycles. The van der Waals surface area contributed by atoms with Crippen LogP contribution < -0.4 is 5.32 Å². The van der Waals surface area contributed by atoms with E-state index >= 15 is 0 Å². The largest absolute Gasteiger partial charge is 0.340 e. The molecule has 2 aliphatic rings. The Morgan fingerprint density at radius 3 is 2.46 bits per heavy atom. The summed E-state index contributed by atoms with van der Waals surface area (Å²) in [5, 5.41) is 2.93. The van der Waals surface area contributed by atoms with Gasteiger partial charge in [0.2, 0.25) is 11.8 Å². The zero-order valence-corrected chi connectivity index (χ0v) is 15.5. The van der Waals surface area contributed by atoms with Crippen LogP contribution in [0, 0.1) is 0 Å². The Hall–Kier alpha value is -2.37. The molecule has 1 aromatic rings. The molecule has 3 unspecified atom stereocenters. The maximum absolute atomic E-state index is 13.2. The summed E-state index contributed by atoms with van der Waals surface area (Å²) >= 11 is 0. The Morgan fingerprint density at radius 2 is 1.77 bits per heavy atom. The molecule has 140 valence electrons. The van der Waals surface area contributed by atoms with Crippen molar-refractivity contribution in [1.82, 2.24) is 15.1 Å². The lowest BCUT2D eigenvalue weighted by Gasteiger charge is -2.47. The van der Waals surface area contributed by atoms with Gasteiger partial charge in [0.15, 0.2) is 0 Å². The molecule has 2 heterocycles. The molecule has 6 heteroatoms. The van der Waals surface area contributed by atoms with Crippen molar-refractivity contribution in [3.05, 3.63) is 35.9 Å². The second-order valence-corrected chi connectivity index (χ2v) is 7.35. The van der Waals surface area contributed by atoms with E-state index in [4.69, 9.17) is 0 Å². The van der Waals surface area contributed by atoms with Gasteiger partial charge in [-0.2, -0.15) is 0 Å². The van der Waals surface area contributed by atoms with Gasteiger partial charge in [-0.1, -0.05) is 31.0 Å². The maximum Gasteiger partial charge on any atom is 0.251 e. The first-order valence-electron chi connectivity index (χ1n) is 9.41. The molecule has 2 aliphatic heterocycles. The third-order valence-electron chi connectivity index (χ3n) is 5.40. The van der Waals surface area contributed by atoms with E-state index in [1.54, 1.807) is 19.1 Å². The van der Waals surface area contributed by atoms with Gasteiger partial charge in [0.05, 0.1) is 0 Å².